The highest BCUT2D eigenvalue weighted by molar-refractivity contribution is 6.31. The normalized spacial score (nSPS) is 11.9. The van der Waals surface area contributed by atoms with Crippen LogP contribution in [0.15, 0.2) is 54.6 Å². The minimum atomic E-state index is -0.175. The molecule has 0 aliphatic heterocycles. The number of likely N-dealkylation sites (N-methyl/N-ethyl adjacent to an activating group) is 1. The van der Waals surface area contributed by atoms with Gasteiger partial charge in [-0.05, 0) is 36.9 Å². The molecule has 2 rings (SSSR count). The highest BCUT2D eigenvalue weighted by Crippen LogP contribution is 2.26. The van der Waals surface area contributed by atoms with Crippen LogP contribution in [0.3, 0.4) is 0 Å². The zero-order valence-electron chi connectivity index (χ0n) is 16.5. The fraction of sp³-hybridized carbons (Fsp3) is 0.364. The van der Waals surface area contributed by atoms with Gasteiger partial charge < -0.3 is 10.6 Å². The van der Waals surface area contributed by atoms with Crippen molar-refractivity contribution in [3.63, 3.8) is 0 Å². The summed E-state index contributed by atoms with van der Waals surface area (Å²) in [4.78, 5) is 26.5. The molecular weight excluding hydrogens is 374 g/mol. The maximum absolute atomic E-state index is 12.3. The van der Waals surface area contributed by atoms with E-state index in [1.54, 1.807) is 12.1 Å². The van der Waals surface area contributed by atoms with Crippen molar-refractivity contribution in [1.29, 1.82) is 0 Å². The third kappa shape index (κ3) is 6.36. The van der Waals surface area contributed by atoms with Crippen molar-refractivity contribution in [2.45, 2.75) is 26.3 Å². The van der Waals surface area contributed by atoms with Gasteiger partial charge in [0.2, 0.25) is 5.91 Å². The molecule has 0 saturated carbocycles. The first-order chi connectivity index (χ1) is 13.6. The first-order valence-electron chi connectivity index (χ1n) is 9.65. The molecule has 0 aliphatic carbocycles. The van der Waals surface area contributed by atoms with E-state index in [0.717, 1.165) is 18.7 Å². The molecule has 150 valence electrons. The van der Waals surface area contributed by atoms with Crippen molar-refractivity contribution < 1.29 is 9.59 Å². The van der Waals surface area contributed by atoms with E-state index in [1.807, 2.05) is 42.5 Å². The van der Waals surface area contributed by atoms with E-state index in [2.05, 4.69) is 29.4 Å². The van der Waals surface area contributed by atoms with Crippen LogP contribution in [0.1, 0.15) is 42.2 Å². The van der Waals surface area contributed by atoms with Crippen molar-refractivity contribution in [3.05, 3.63) is 70.7 Å². The summed E-state index contributed by atoms with van der Waals surface area (Å²) in [5.41, 5.74) is 1.59. The average molecular weight is 402 g/mol. The topological polar surface area (TPSA) is 61.4 Å². The van der Waals surface area contributed by atoms with E-state index >= 15 is 0 Å². The van der Waals surface area contributed by atoms with Crippen LogP contribution < -0.4 is 10.6 Å². The predicted octanol–water partition coefficient (Wildman–Crippen LogP) is 3.66. The standard InChI is InChI=1S/C22H28ClN3O2/c1-3-26(4-2)20(18-12-8-9-13-19(18)23)16-25-21(27)14-15-24-22(28)17-10-6-5-7-11-17/h5-13,20H,3-4,14-16H2,1-2H3,(H,24,28)(H,25,27). The van der Waals surface area contributed by atoms with E-state index < -0.39 is 0 Å². The molecule has 2 N–H and O–H groups in total. The maximum atomic E-state index is 12.3. The van der Waals surface area contributed by atoms with Crippen LogP contribution in [0.2, 0.25) is 5.02 Å². The Morgan fingerprint density at radius 3 is 2.25 bits per heavy atom. The highest BCUT2D eigenvalue weighted by Gasteiger charge is 2.21. The number of halogens is 1. The van der Waals surface area contributed by atoms with Gasteiger partial charge in [0.1, 0.15) is 0 Å². The molecule has 5 nitrogen and oxygen atoms in total. The fourth-order valence-electron chi connectivity index (χ4n) is 3.13. The molecule has 28 heavy (non-hydrogen) atoms. The second-order valence-electron chi connectivity index (χ2n) is 6.43. The minimum absolute atomic E-state index is 0.00607. The molecule has 0 fully saturated rings. The van der Waals surface area contributed by atoms with Crippen LogP contribution in [-0.2, 0) is 4.79 Å². The number of carbonyl (C=O) groups excluding carboxylic acids is 2. The lowest BCUT2D eigenvalue weighted by molar-refractivity contribution is -0.121. The summed E-state index contributed by atoms with van der Waals surface area (Å²) in [6, 6.07) is 16.7. The van der Waals surface area contributed by atoms with Gasteiger partial charge in [0.25, 0.3) is 5.91 Å². The SMILES string of the molecule is CCN(CC)C(CNC(=O)CCNC(=O)c1ccccc1)c1ccccc1Cl. The Kier molecular flexibility index (Phi) is 8.98. The molecule has 0 aromatic heterocycles. The molecule has 0 saturated heterocycles. The Morgan fingerprint density at radius 1 is 0.964 bits per heavy atom. The van der Waals surface area contributed by atoms with Gasteiger partial charge in [-0.15, -0.1) is 0 Å². The summed E-state index contributed by atoms with van der Waals surface area (Å²) in [7, 11) is 0. The van der Waals surface area contributed by atoms with Crippen molar-refractivity contribution in [2.75, 3.05) is 26.2 Å². The zero-order valence-corrected chi connectivity index (χ0v) is 17.2. The Bertz CT molecular complexity index is 763. The molecule has 0 spiro atoms. The minimum Gasteiger partial charge on any atom is -0.354 e. The Balaban J connectivity index is 1.87. The van der Waals surface area contributed by atoms with Crippen LogP contribution in [0.25, 0.3) is 0 Å². The van der Waals surface area contributed by atoms with Crippen LogP contribution in [0, 0.1) is 0 Å². The van der Waals surface area contributed by atoms with Gasteiger partial charge in [-0.2, -0.15) is 0 Å². The monoisotopic (exact) mass is 401 g/mol. The number of carbonyl (C=O) groups is 2. The third-order valence-corrected chi connectivity index (χ3v) is 5.03. The number of benzene rings is 2. The Morgan fingerprint density at radius 2 is 1.61 bits per heavy atom. The summed E-state index contributed by atoms with van der Waals surface area (Å²) in [5.74, 6) is -0.275. The number of hydrogen-bond acceptors (Lipinski definition) is 3. The van der Waals surface area contributed by atoms with E-state index in [1.165, 1.54) is 0 Å². The lowest BCUT2D eigenvalue weighted by Gasteiger charge is -2.31. The molecule has 1 unspecified atom stereocenters. The summed E-state index contributed by atoms with van der Waals surface area (Å²) < 4.78 is 0. The number of amides is 2. The summed E-state index contributed by atoms with van der Waals surface area (Å²) in [6.45, 7) is 6.66. The zero-order chi connectivity index (χ0) is 20.4. The molecule has 0 heterocycles. The van der Waals surface area contributed by atoms with E-state index in [9.17, 15) is 9.59 Å². The van der Waals surface area contributed by atoms with E-state index in [0.29, 0.717) is 23.7 Å². The lowest BCUT2D eigenvalue weighted by Crippen LogP contribution is -2.39. The van der Waals surface area contributed by atoms with Gasteiger partial charge in [0, 0.05) is 30.1 Å². The van der Waals surface area contributed by atoms with Gasteiger partial charge >= 0.3 is 0 Å². The largest absolute Gasteiger partial charge is 0.354 e. The van der Waals surface area contributed by atoms with E-state index in [-0.39, 0.29) is 24.3 Å². The van der Waals surface area contributed by atoms with Crippen molar-refractivity contribution in [1.82, 2.24) is 15.5 Å². The number of rotatable bonds is 10. The second-order valence-corrected chi connectivity index (χ2v) is 6.84. The maximum Gasteiger partial charge on any atom is 0.251 e. The van der Waals surface area contributed by atoms with Crippen molar-refractivity contribution >= 4 is 23.4 Å². The van der Waals surface area contributed by atoms with Crippen molar-refractivity contribution in [2.24, 2.45) is 0 Å². The quantitative estimate of drug-likeness (QED) is 0.638. The van der Waals surface area contributed by atoms with Gasteiger partial charge in [-0.3, -0.25) is 14.5 Å². The number of hydrogen-bond donors (Lipinski definition) is 2. The second kappa shape index (κ2) is 11.5. The summed E-state index contributed by atoms with van der Waals surface area (Å²) in [5, 5.41) is 6.45. The molecule has 6 heteroatoms. The number of nitrogens with one attached hydrogen (secondary N) is 2. The molecule has 2 aromatic carbocycles. The van der Waals surface area contributed by atoms with E-state index in [4.69, 9.17) is 11.6 Å². The van der Waals surface area contributed by atoms with Gasteiger partial charge in [-0.25, -0.2) is 0 Å². The third-order valence-electron chi connectivity index (χ3n) is 4.68. The van der Waals surface area contributed by atoms with Crippen LogP contribution in [0.5, 0.6) is 0 Å². The highest BCUT2D eigenvalue weighted by atomic mass is 35.5. The lowest BCUT2D eigenvalue weighted by atomic mass is 10.0. The van der Waals surface area contributed by atoms with Gasteiger partial charge in [0.05, 0.1) is 6.04 Å². The first kappa shape index (κ1) is 21.9. The van der Waals surface area contributed by atoms with Gasteiger partial charge in [-0.1, -0.05) is 61.8 Å². The number of nitrogens with zero attached hydrogens (tertiary/aromatic N) is 1. The molecule has 2 amide bonds. The molecule has 0 bridgehead atoms. The van der Waals surface area contributed by atoms with Crippen LogP contribution in [0.4, 0.5) is 0 Å². The summed E-state index contributed by atoms with van der Waals surface area (Å²) in [6.07, 6.45) is 0.228. The Labute approximate surface area is 172 Å². The predicted molar refractivity (Wildman–Crippen MR) is 114 cm³/mol. The molecule has 2 aromatic rings. The fourth-order valence-corrected chi connectivity index (χ4v) is 3.39. The van der Waals surface area contributed by atoms with Crippen LogP contribution >= 0.6 is 11.6 Å². The van der Waals surface area contributed by atoms with Crippen molar-refractivity contribution in [3.8, 4) is 0 Å². The molecule has 0 radical (unpaired) electrons. The summed E-state index contributed by atoms with van der Waals surface area (Å²) >= 11 is 6.38. The van der Waals surface area contributed by atoms with Gasteiger partial charge in [0.15, 0.2) is 0 Å². The molecular formula is C22H28ClN3O2. The average Bonchev–Trinajstić information content (AvgIpc) is 2.72. The smallest absolute Gasteiger partial charge is 0.251 e. The Hall–Kier alpha value is -2.37. The molecule has 1 atom stereocenters. The molecule has 0 aliphatic rings. The first-order valence-corrected chi connectivity index (χ1v) is 10.0. The van der Waals surface area contributed by atoms with Crippen LogP contribution in [-0.4, -0.2) is 42.9 Å².